The molecule has 2 unspecified atom stereocenters. The van der Waals surface area contributed by atoms with Gasteiger partial charge >= 0.3 is 6.03 Å². The van der Waals surface area contributed by atoms with Crippen LogP contribution in [0.15, 0.2) is 65.8 Å². The standard InChI is InChI=1S/C28H26N4O4S/c1-16-15-20(36-19-5-3-2-4-6-19)11-12-21(16)32-22-13-14-29-27-23(22)24(31-28(32)35)25(37-27)26(34)30-17-7-9-18(33)10-8-17/h2-6,11-15,17,24-25H,7-10H2,1H3,(H,30,34)(H,31,35). The number of aromatic nitrogens is 1. The number of aryl methyl sites for hydroxylation is 1. The monoisotopic (exact) mass is 514 g/mol. The largest absolute Gasteiger partial charge is 0.457 e. The summed E-state index contributed by atoms with van der Waals surface area (Å²) in [5, 5.41) is 6.38. The third-order valence-corrected chi connectivity index (χ3v) is 8.33. The number of anilines is 2. The number of nitrogens with zero attached hydrogens (tertiary/aromatic N) is 2. The van der Waals surface area contributed by atoms with Crippen molar-refractivity contribution in [2.24, 2.45) is 0 Å². The van der Waals surface area contributed by atoms with Crippen LogP contribution in [-0.4, -0.2) is 34.0 Å². The molecule has 3 aliphatic rings. The van der Waals surface area contributed by atoms with E-state index in [0.29, 0.717) is 31.4 Å². The first-order valence-electron chi connectivity index (χ1n) is 12.4. The van der Waals surface area contributed by atoms with E-state index in [-0.39, 0.29) is 23.8 Å². The first-order valence-corrected chi connectivity index (χ1v) is 13.3. The average molecular weight is 515 g/mol. The van der Waals surface area contributed by atoms with Crippen molar-refractivity contribution in [3.63, 3.8) is 0 Å². The summed E-state index contributed by atoms with van der Waals surface area (Å²) in [5.74, 6) is 1.53. The van der Waals surface area contributed by atoms with Crippen molar-refractivity contribution < 1.29 is 19.1 Å². The van der Waals surface area contributed by atoms with Crippen LogP contribution in [-0.2, 0) is 9.59 Å². The number of para-hydroxylation sites is 1. The molecule has 6 rings (SSSR count). The van der Waals surface area contributed by atoms with Gasteiger partial charge in [-0.3, -0.25) is 14.5 Å². The number of rotatable bonds is 5. The smallest absolute Gasteiger partial charge is 0.327 e. The Bertz CT molecular complexity index is 1390. The van der Waals surface area contributed by atoms with Gasteiger partial charge in [-0.25, -0.2) is 9.78 Å². The Morgan fingerprint density at radius 2 is 1.84 bits per heavy atom. The summed E-state index contributed by atoms with van der Waals surface area (Å²) in [5.41, 5.74) is 3.19. The number of amides is 3. The molecule has 9 heteroatoms. The summed E-state index contributed by atoms with van der Waals surface area (Å²) in [4.78, 5) is 44.4. The molecule has 0 radical (unpaired) electrons. The van der Waals surface area contributed by atoms with E-state index in [1.807, 2.05) is 61.5 Å². The molecule has 2 N–H and O–H groups in total. The van der Waals surface area contributed by atoms with E-state index in [4.69, 9.17) is 4.74 Å². The topological polar surface area (TPSA) is 101 Å². The van der Waals surface area contributed by atoms with E-state index in [1.54, 1.807) is 11.1 Å². The Labute approximate surface area is 218 Å². The highest BCUT2D eigenvalue weighted by Crippen LogP contribution is 2.51. The molecule has 0 bridgehead atoms. The Balaban J connectivity index is 1.26. The molecule has 3 amide bonds. The molecule has 1 saturated carbocycles. The van der Waals surface area contributed by atoms with Gasteiger partial charge in [-0.1, -0.05) is 30.0 Å². The van der Waals surface area contributed by atoms with Crippen molar-refractivity contribution in [3.8, 4) is 11.5 Å². The lowest BCUT2D eigenvalue weighted by atomic mass is 9.93. The van der Waals surface area contributed by atoms with Gasteiger partial charge in [-0.05, 0) is 61.7 Å². The number of carbonyl (C=O) groups excluding carboxylic acids is 3. The van der Waals surface area contributed by atoms with Gasteiger partial charge < -0.3 is 15.4 Å². The van der Waals surface area contributed by atoms with Crippen LogP contribution in [0.5, 0.6) is 11.5 Å². The van der Waals surface area contributed by atoms with Crippen LogP contribution in [0.3, 0.4) is 0 Å². The van der Waals surface area contributed by atoms with Crippen molar-refractivity contribution in [1.29, 1.82) is 0 Å². The predicted octanol–water partition coefficient (Wildman–Crippen LogP) is 5.19. The first kappa shape index (κ1) is 23.5. The maximum absolute atomic E-state index is 13.5. The highest BCUT2D eigenvalue weighted by atomic mass is 32.2. The van der Waals surface area contributed by atoms with Crippen molar-refractivity contribution >= 4 is 40.9 Å². The Kier molecular flexibility index (Phi) is 6.08. The lowest BCUT2D eigenvalue weighted by molar-refractivity contribution is -0.124. The fourth-order valence-electron chi connectivity index (χ4n) is 5.20. The summed E-state index contributed by atoms with van der Waals surface area (Å²) in [7, 11) is 0. The number of carbonyl (C=O) groups is 3. The summed E-state index contributed by atoms with van der Waals surface area (Å²) < 4.78 is 5.96. The maximum Gasteiger partial charge on any atom is 0.327 e. The number of benzene rings is 2. The number of urea groups is 1. The zero-order valence-corrected chi connectivity index (χ0v) is 21.1. The number of thioether (sulfide) groups is 1. The number of hydrogen-bond donors (Lipinski definition) is 2. The highest BCUT2D eigenvalue weighted by molar-refractivity contribution is 8.01. The number of ether oxygens (including phenoxy) is 1. The second kappa shape index (κ2) is 9.55. The Hall–Kier alpha value is -3.85. The zero-order chi connectivity index (χ0) is 25.5. The molecule has 1 fully saturated rings. The van der Waals surface area contributed by atoms with E-state index in [2.05, 4.69) is 15.6 Å². The molecule has 2 aromatic carbocycles. The molecule has 3 heterocycles. The number of hydrogen-bond acceptors (Lipinski definition) is 6. The van der Waals surface area contributed by atoms with E-state index in [0.717, 1.165) is 33.3 Å². The van der Waals surface area contributed by atoms with Crippen molar-refractivity contribution in [2.45, 2.75) is 55.0 Å². The quantitative estimate of drug-likeness (QED) is 0.486. The highest BCUT2D eigenvalue weighted by Gasteiger charge is 2.47. The number of Topliss-reactive ketones (excluding diaryl/α,β-unsaturated/α-hetero) is 1. The maximum atomic E-state index is 13.5. The molecule has 2 aliphatic heterocycles. The van der Waals surface area contributed by atoms with E-state index < -0.39 is 11.3 Å². The summed E-state index contributed by atoms with van der Waals surface area (Å²) in [6.45, 7) is 1.94. The normalized spacial score (nSPS) is 20.8. The van der Waals surface area contributed by atoms with Gasteiger partial charge in [0.1, 0.15) is 27.6 Å². The van der Waals surface area contributed by atoms with Gasteiger partial charge in [0.05, 0.1) is 17.4 Å². The van der Waals surface area contributed by atoms with Gasteiger partial charge in [-0.15, -0.1) is 0 Å². The molecule has 8 nitrogen and oxygen atoms in total. The van der Waals surface area contributed by atoms with Crippen LogP contribution in [0, 0.1) is 6.92 Å². The van der Waals surface area contributed by atoms with Crippen LogP contribution in [0.1, 0.15) is 42.9 Å². The van der Waals surface area contributed by atoms with E-state index in [9.17, 15) is 14.4 Å². The fourth-order valence-corrected chi connectivity index (χ4v) is 6.43. The minimum atomic E-state index is -0.518. The molecular weight excluding hydrogens is 488 g/mol. The van der Waals surface area contributed by atoms with Crippen LogP contribution in [0.4, 0.5) is 16.2 Å². The van der Waals surface area contributed by atoms with Crippen molar-refractivity contribution in [2.75, 3.05) is 4.90 Å². The molecule has 2 atom stereocenters. The Morgan fingerprint density at radius 1 is 1.05 bits per heavy atom. The van der Waals surface area contributed by atoms with Gasteiger partial charge in [0.25, 0.3) is 0 Å². The molecule has 37 heavy (non-hydrogen) atoms. The molecular formula is C28H26N4O4S. The zero-order valence-electron chi connectivity index (χ0n) is 20.3. The minimum Gasteiger partial charge on any atom is -0.457 e. The predicted molar refractivity (Wildman–Crippen MR) is 140 cm³/mol. The molecule has 0 spiro atoms. The van der Waals surface area contributed by atoms with E-state index >= 15 is 0 Å². The lowest BCUT2D eigenvalue weighted by Crippen LogP contribution is -2.50. The van der Waals surface area contributed by atoms with Gasteiger partial charge in [0.2, 0.25) is 5.91 Å². The number of pyridine rings is 1. The minimum absolute atomic E-state index is 0.0167. The molecule has 188 valence electrons. The molecule has 1 aliphatic carbocycles. The second-order valence-electron chi connectivity index (χ2n) is 9.53. The number of nitrogens with one attached hydrogen (secondary N) is 2. The fraction of sp³-hybridized carbons (Fsp3) is 0.286. The third-order valence-electron chi connectivity index (χ3n) is 7.04. The van der Waals surface area contributed by atoms with E-state index in [1.165, 1.54) is 11.8 Å². The van der Waals surface area contributed by atoms with Crippen LogP contribution in [0.25, 0.3) is 0 Å². The summed E-state index contributed by atoms with van der Waals surface area (Å²) in [6, 6.07) is 16.2. The van der Waals surface area contributed by atoms with Crippen molar-refractivity contribution in [3.05, 3.63) is 71.9 Å². The molecule has 1 aromatic heterocycles. The summed E-state index contributed by atoms with van der Waals surface area (Å²) in [6.07, 6.45) is 3.99. The SMILES string of the molecule is Cc1cc(Oc2ccccc2)ccc1N1C(=O)NC2c3c1ccnc3SC2C(=O)NC1CCC(=O)CC1. The van der Waals surface area contributed by atoms with Crippen LogP contribution < -0.4 is 20.3 Å². The third kappa shape index (κ3) is 4.44. The van der Waals surface area contributed by atoms with Crippen LogP contribution in [0.2, 0.25) is 0 Å². The molecule has 3 aromatic rings. The van der Waals surface area contributed by atoms with Gasteiger partial charge in [0, 0.05) is 30.6 Å². The number of ketones is 1. The average Bonchev–Trinajstić information content (AvgIpc) is 3.27. The summed E-state index contributed by atoms with van der Waals surface area (Å²) >= 11 is 1.38. The van der Waals surface area contributed by atoms with Gasteiger partial charge in [-0.2, -0.15) is 0 Å². The lowest BCUT2D eigenvalue weighted by Gasteiger charge is -2.35. The Morgan fingerprint density at radius 3 is 2.59 bits per heavy atom. The molecule has 0 saturated heterocycles. The second-order valence-corrected chi connectivity index (χ2v) is 10.7. The first-order chi connectivity index (χ1) is 18.0. The van der Waals surface area contributed by atoms with Crippen LogP contribution >= 0.6 is 11.8 Å². The van der Waals surface area contributed by atoms with Gasteiger partial charge in [0.15, 0.2) is 0 Å². The van der Waals surface area contributed by atoms with Crippen molar-refractivity contribution in [1.82, 2.24) is 15.6 Å².